The van der Waals surface area contributed by atoms with Crippen LogP contribution < -0.4 is 14.2 Å². The lowest BCUT2D eigenvalue weighted by Crippen LogP contribution is -2.03. The van der Waals surface area contributed by atoms with Crippen LogP contribution in [0, 0.1) is 30.3 Å². The highest BCUT2D eigenvalue weighted by molar-refractivity contribution is 5.46. The van der Waals surface area contributed by atoms with Crippen LogP contribution in [0.2, 0.25) is 0 Å². The Balaban J connectivity index is 1.53. The normalized spacial score (nSPS) is 10.5. The highest BCUT2D eigenvalue weighted by atomic mass is 16.6. The van der Waals surface area contributed by atoms with Crippen molar-refractivity contribution in [3.8, 4) is 17.2 Å². The van der Waals surface area contributed by atoms with Crippen molar-refractivity contribution in [1.29, 1.82) is 0 Å². The Bertz CT molecular complexity index is 1520. The van der Waals surface area contributed by atoms with Crippen LogP contribution in [0.15, 0.2) is 91.0 Å². The first-order valence-corrected chi connectivity index (χ1v) is 11.5. The lowest BCUT2D eigenvalue weighted by atomic mass is 10.2. The Morgan fingerprint density at radius 3 is 1.33 bits per heavy atom. The van der Waals surface area contributed by atoms with Crippen molar-refractivity contribution in [3.63, 3.8) is 0 Å². The Hall–Kier alpha value is -5.52. The Labute approximate surface area is 221 Å². The van der Waals surface area contributed by atoms with Crippen molar-refractivity contribution in [2.75, 3.05) is 0 Å². The van der Waals surface area contributed by atoms with Gasteiger partial charge in [0.1, 0.15) is 25.6 Å². The second kappa shape index (κ2) is 12.1. The van der Waals surface area contributed by atoms with E-state index in [1.54, 1.807) is 54.6 Å². The summed E-state index contributed by atoms with van der Waals surface area (Å²) in [7, 11) is 0. The van der Waals surface area contributed by atoms with Gasteiger partial charge in [0.15, 0.2) is 11.5 Å². The van der Waals surface area contributed by atoms with Gasteiger partial charge in [-0.3, -0.25) is 30.3 Å². The van der Waals surface area contributed by atoms with Gasteiger partial charge in [-0.2, -0.15) is 0 Å². The molecule has 12 heteroatoms. The van der Waals surface area contributed by atoms with Gasteiger partial charge in [-0.1, -0.05) is 36.4 Å². The van der Waals surface area contributed by atoms with Crippen LogP contribution in [0.5, 0.6) is 17.2 Å². The third-order valence-corrected chi connectivity index (χ3v) is 5.47. The average molecular weight is 531 g/mol. The number of hydrogen-bond acceptors (Lipinski definition) is 9. The molecule has 39 heavy (non-hydrogen) atoms. The number of non-ortho nitro benzene ring substituents is 3. The number of rotatable bonds is 12. The van der Waals surface area contributed by atoms with E-state index in [1.165, 1.54) is 36.4 Å². The molecule has 12 nitrogen and oxygen atoms in total. The first-order chi connectivity index (χ1) is 18.8. The molecule has 4 aromatic rings. The number of nitro groups is 3. The van der Waals surface area contributed by atoms with Gasteiger partial charge in [-0.05, 0) is 28.8 Å². The van der Waals surface area contributed by atoms with Crippen molar-refractivity contribution in [2.24, 2.45) is 0 Å². The molecule has 198 valence electrons. The van der Waals surface area contributed by atoms with Gasteiger partial charge in [0.05, 0.1) is 14.8 Å². The molecule has 0 bridgehead atoms. The fourth-order valence-electron chi connectivity index (χ4n) is 3.58. The SMILES string of the molecule is O=[N+]([O-])c1cccc(COc2ccc(OCc3cccc([N+](=O)[O-])c3)c(OCc3cccc([N+](=O)[O-])c3)c2)c1. The highest BCUT2D eigenvalue weighted by Crippen LogP contribution is 2.34. The van der Waals surface area contributed by atoms with Gasteiger partial charge in [0.25, 0.3) is 17.1 Å². The van der Waals surface area contributed by atoms with E-state index < -0.39 is 14.8 Å². The molecule has 0 unspecified atom stereocenters. The van der Waals surface area contributed by atoms with E-state index in [0.717, 1.165) is 0 Å². The van der Waals surface area contributed by atoms with Crippen LogP contribution in [-0.2, 0) is 19.8 Å². The second-order valence-corrected chi connectivity index (χ2v) is 8.26. The van der Waals surface area contributed by atoms with Crippen molar-refractivity contribution in [3.05, 3.63) is 138 Å². The summed E-state index contributed by atoms with van der Waals surface area (Å²) in [5.74, 6) is 0.969. The Morgan fingerprint density at radius 2 is 0.897 bits per heavy atom. The molecular formula is C27H21N3O9. The van der Waals surface area contributed by atoms with Gasteiger partial charge in [0, 0.05) is 42.5 Å². The summed E-state index contributed by atoms with van der Waals surface area (Å²) < 4.78 is 17.6. The molecule has 0 N–H and O–H groups in total. The molecule has 4 aromatic carbocycles. The first kappa shape index (κ1) is 26.5. The van der Waals surface area contributed by atoms with E-state index in [1.807, 2.05) is 0 Å². The quantitative estimate of drug-likeness (QED) is 0.154. The summed E-state index contributed by atoms with van der Waals surface area (Å²) in [5.41, 5.74) is 1.52. The fourth-order valence-corrected chi connectivity index (χ4v) is 3.58. The number of hydrogen-bond donors (Lipinski definition) is 0. The summed E-state index contributed by atoms with van der Waals surface area (Å²) in [6.45, 7) is 0.0613. The minimum atomic E-state index is -0.501. The Kier molecular flexibility index (Phi) is 8.27. The van der Waals surface area contributed by atoms with Gasteiger partial charge in [-0.15, -0.1) is 0 Å². The zero-order valence-corrected chi connectivity index (χ0v) is 20.3. The molecule has 4 rings (SSSR count). The van der Waals surface area contributed by atoms with E-state index in [2.05, 4.69) is 0 Å². The van der Waals surface area contributed by atoms with Crippen molar-refractivity contribution >= 4 is 17.1 Å². The van der Waals surface area contributed by atoms with E-state index in [-0.39, 0.29) is 42.6 Å². The minimum absolute atomic E-state index is 0.0107. The molecule has 0 amide bonds. The average Bonchev–Trinajstić information content (AvgIpc) is 2.94. The molecule has 0 aliphatic carbocycles. The lowest BCUT2D eigenvalue weighted by Gasteiger charge is -2.15. The molecule has 0 atom stereocenters. The molecular weight excluding hydrogens is 510 g/mol. The molecule has 0 aliphatic heterocycles. The molecule has 0 saturated carbocycles. The Morgan fingerprint density at radius 1 is 0.487 bits per heavy atom. The zero-order valence-electron chi connectivity index (χ0n) is 20.3. The van der Waals surface area contributed by atoms with E-state index in [9.17, 15) is 30.3 Å². The van der Waals surface area contributed by atoms with Crippen molar-refractivity contribution < 1.29 is 29.0 Å². The number of nitro benzene ring substituents is 3. The van der Waals surface area contributed by atoms with Crippen LogP contribution >= 0.6 is 0 Å². The van der Waals surface area contributed by atoms with E-state index in [4.69, 9.17) is 14.2 Å². The monoisotopic (exact) mass is 531 g/mol. The maximum absolute atomic E-state index is 11.1. The van der Waals surface area contributed by atoms with Gasteiger partial charge in [-0.25, -0.2) is 0 Å². The summed E-state index contributed by atoms with van der Waals surface area (Å²) in [5, 5.41) is 33.2. The van der Waals surface area contributed by atoms with E-state index >= 15 is 0 Å². The molecule has 0 heterocycles. The van der Waals surface area contributed by atoms with Gasteiger partial charge >= 0.3 is 0 Å². The predicted octanol–water partition coefficient (Wildman–Crippen LogP) is 6.15. The maximum Gasteiger partial charge on any atom is 0.269 e. The van der Waals surface area contributed by atoms with E-state index in [0.29, 0.717) is 28.2 Å². The van der Waals surface area contributed by atoms with Crippen LogP contribution in [0.25, 0.3) is 0 Å². The maximum atomic E-state index is 11.1. The highest BCUT2D eigenvalue weighted by Gasteiger charge is 2.13. The minimum Gasteiger partial charge on any atom is -0.489 e. The smallest absolute Gasteiger partial charge is 0.269 e. The number of nitrogens with zero attached hydrogens (tertiary/aromatic N) is 3. The lowest BCUT2D eigenvalue weighted by molar-refractivity contribution is -0.385. The molecule has 0 aliphatic rings. The second-order valence-electron chi connectivity index (χ2n) is 8.26. The third kappa shape index (κ3) is 7.26. The molecule has 0 aromatic heterocycles. The standard InChI is InChI=1S/C27H21N3O9/c31-28(32)22-7-1-4-19(12-22)16-37-25-10-11-26(38-17-20-5-2-8-23(13-20)29(33)34)27(15-25)39-18-21-6-3-9-24(14-21)30(35)36/h1-15H,16-18H2. The van der Waals surface area contributed by atoms with Crippen LogP contribution in [-0.4, -0.2) is 14.8 Å². The first-order valence-electron chi connectivity index (χ1n) is 11.5. The third-order valence-electron chi connectivity index (χ3n) is 5.47. The van der Waals surface area contributed by atoms with Gasteiger partial charge < -0.3 is 14.2 Å². The summed E-state index contributed by atoms with van der Waals surface area (Å²) >= 11 is 0. The van der Waals surface area contributed by atoms with Crippen LogP contribution in [0.3, 0.4) is 0 Å². The van der Waals surface area contributed by atoms with Crippen LogP contribution in [0.4, 0.5) is 17.1 Å². The van der Waals surface area contributed by atoms with Crippen molar-refractivity contribution in [1.82, 2.24) is 0 Å². The zero-order chi connectivity index (χ0) is 27.8. The summed E-state index contributed by atoms with van der Waals surface area (Å²) in [6.07, 6.45) is 0. The fraction of sp³-hybridized carbons (Fsp3) is 0.111. The molecule has 0 saturated heterocycles. The molecule has 0 radical (unpaired) electrons. The van der Waals surface area contributed by atoms with Crippen LogP contribution in [0.1, 0.15) is 16.7 Å². The largest absolute Gasteiger partial charge is 0.489 e. The molecule has 0 fully saturated rings. The topological polar surface area (TPSA) is 157 Å². The number of benzene rings is 4. The molecule has 0 spiro atoms. The summed E-state index contributed by atoms with van der Waals surface area (Å²) in [4.78, 5) is 31.7. The predicted molar refractivity (Wildman–Crippen MR) is 139 cm³/mol. The van der Waals surface area contributed by atoms with Gasteiger partial charge in [0.2, 0.25) is 0 Å². The summed E-state index contributed by atoms with van der Waals surface area (Å²) in [6, 6.07) is 22.9. The number of ether oxygens (including phenoxy) is 3. The van der Waals surface area contributed by atoms with Crippen molar-refractivity contribution in [2.45, 2.75) is 19.8 Å².